The number of rotatable bonds is 7. The Labute approximate surface area is 410 Å². The lowest BCUT2D eigenvalue weighted by molar-refractivity contribution is -0.00758. The third kappa shape index (κ3) is 7.56. The molecule has 21 nitrogen and oxygen atoms in total. The smallest absolute Gasteiger partial charge is 0.157 e. The molecule has 10 rings (SSSR count). The van der Waals surface area contributed by atoms with Crippen LogP contribution >= 0.6 is 0 Å². The average molecular weight is 1000 g/mol. The molecular weight excluding hydrogens is 961 g/mol. The summed E-state index contributed by atoms with van der Waals surface area (Å²) in [5.41, 5.74) is -2.65. The summed E-state index contributed by atoms with van der Waals surface area (Å²) in [5.74, 6) is -16.5. The predicted octanol–water partition coefficient (Wildman–Crippen LogP) is 4.94. The zero-order valence-corrected chi connectivity index (χ0v) is 37.3. The van der Waals surface area contributed by atoms with Crippen LogP contribution in [0.4, 0.5) is 0 Å². The number of benzene rings is 7. The van der Waals surface area contributed by atoms with Gasteiger partial charge in [0.25, 0.3) is 0 Å². The van der Waals surface area contributed by atoms with Crippen molar-refractivity contribution in [1.29, 1.82) is 0 Å². The van der Waals surface area contributed by atoms with Crippen molar-refractivity contribution in [1.82, 2.24) is 0 Å². The molecule has 0 amide bonds. The molecule has 21 heteroatoms. The first-order valence-corrected chi connectivity index (χ1v) is 22.2. The maximum Gasteiger partial charge on any atom is 0.157 e. The molecule has 73 heavy (non-hydrogen) atoms. The Bertz CT molecular complexity index is 3370. The van der Waals surface area contributed by atoms with Gasteiger partial charge < -0.3 is 106 Å². The molecule has 0 aromatic heterocycles. The van der Waals surface area contributed by atoms with E-state index in [9.17, 15) is 91.9 Å². The fourth-order valence-corrected chi connectivity index (χ4v) is 10.5. The molecule has 0 saturated carbocycles. The number of ether oxygens (including phenoxy) is 3. The zero-order chi connectivity index (χ0) is 52.2. The Hall–Kier alpha value is -9.02. The van der Waals surface area contributed by atoms with Crippen molar-refractivity contribution in [3.05, 3.63) is 147 Å². The van der Waals surface area contributed by atoms with E-state index in [2.05, 4.69) is 0 Å². The highest BCUT2D eigenvalue weighted by atomic mass is 16.5. The monoisotopic (exact) mass is 1000 g/mol. The number of aromatic hydroxyl groups is 14. The lowest BCUT2D eigenvalue weighted by atomic mass is 9.72. The highest BCUT2D eigenvalue weighted by Gasteiger charge is 2.52. The molecule has 7 aromatic rings. The SMILES string of the molecule is OCc1cc(O)cc2c1C(c1c(O)cc(O)c3c1OC(c1ccc(O)c(O)c1)C(O)C3c1c(O)cc(O)c3c1OC(c1ccc(O)c(O)c1)C(O)C3c1c(O)cc(O)cc1O)C(O)C(c1ccc(O)c(O)c1)O2. The van der Waals surface area contributed by atoms with Crippen LogP contribution in [0.25, 0.3) is 0 Å². The molecule has 0 fully saturated rings. The molecule has 0 bridgehead atoms. The molecule has 3 aliphatic rings. The van der Waals surface area contributed by atoms with Gasteiger partial charge in [-0.05, 0) is 64.7 Å². The highest BCUT2D eigenvalue weighted by molar-refractivity contribution is 5.72. The summed E-state index contributed by atoms with van der Waals surface area (Å²) < 4.78 is 19.3. The highest BCUT2D eigenvalue weighted by Crippen LogP contribution is 2.64. The summed E-state index contributed by atoms with van der Waals surface area (Å²) in [6, 6.07) is 15.5. The predicted molar refractivity (Wildman–Crippen MR) is 248 cm³/mol. The third-order valence-corrected chi connectivity index (χ3v) is 13.7. The second-order valence-corrected chi connectivity index (χ2v) is 18.0. The van der Waals surface area contributed by atoms with Gasteiger partial charge in [-0.25, -0.2) is 0 Å². The Kier molecular flexibility index (Phi) is 11.3. The minimum Gasteiger partial charge on any atom is -0.508 e. The molecule has 7 aromatic carbocycles. The molecule has 378 valence electrons. The van der Waals surface area contributed by atoms with E-state index in [1.807, 2.05) is 0 Å². The van der Waals surface area contributed by atoms with E-state index in [0.29, 0.717) is 0 Å². The quantitative estimate of drug-likeness (QED) is 0.0940. The van der Waals surface area contributed by atoms with Gasteiger partial charge in [-0.15, -0.1) is 0 Å². The van der Waals surface area contributed by atoms with E-state index in [-0.39, 0.29) is 33.6 Å². The van der Waals surface area contributed by atoms with Crippen LogP contribution in [0.3, 0.4) is 0 Å². The van der Waals surface area contributed by atoms with E-state index in [1.165, 1.54) is 18.2 Å². The lowest BCUT2D eigenvalue weighted by Gasteiger charge is -2.44. The first-order chi connectivity index (χ1) is 34.7. The standard InChI is InChI=1S/C52H44O21/c53-16-20-7-21(54)13-35-36(20)42(45(68)48(71-35)17-1-4-23(56)26(59)8-17)38-31(64)14-33(66)40-44(47(70)50(73-51(38)40)19-3-6-25(58)28(61)10-19)41-34(67)15-32(65)39-43(37-29(62)11-22(55)12-30(37)63)46(69)49(72-52(39)41)18-2-5-24(57)27(60)9-18/h1-15,42-50,53-70H,16H2. The number of hydrogen-bond donors (Lipinski definition) is 18. The average Bonchev–Trinajstić information content (AvgIpc) is 3.32. The normalized spacial score (nSPS) is 23.0. The van der Waals surface area contributed by atoms with Crippen LogP contribution in [0.2, 0.25) is 0 Å². The van der Waals surface area contributed by atoms with Gasteiger partial charge in [0.1, 0.15) is 81.6 Å². The largest absolute Gasteiger partial charge is 0.508 e. The van der Waals surface area contributed by atoms with Crippen LogP contribution in [0.1, 0.15) is 91.7 Å². The lowest BCUT2D eigenvalue weighted by Crippen LogP contribution is -2.39. The Morgan fingerprint density at radius 2 is 0.644 bits per heavy atom. The van der Waals surface area contributed by atoms with Gasteiger partial charge in [0.2, 0.25) is 0 Å². The van der Waals surface area contributed by atoms with Gasteiger partial charge in [0, 0.05) is 63.7 Å². The summed E-state index contributed by atoms with van der Waals surface area (Å²) in [7, 11) is 0. The summed E-state index contributed by atoms with van der Waals surface area (Å²) in [5, 5.41) is 203. The van der Waals surface area contributed by atoms with Crippen LogP contribution in [-0.2, 0) is 6.61 Å². The van der Waals surface area contributed by atoms with Gasteiger partial charge in [0.15, 0.2) is 52.8 Å². The summed E-state index contributed by atoms with van der Waals surface area (Å²) in [4.78, 5) is 0. The molecule has 18 N–H and O–H groups in total. The fraction of sp³-hybridized carbons (Fsp3) is 0.192. The van der Waals surface area contributed by atoms with Crippen molar-refractivity contribution in [2.75, 3.05) is 0 Å². The second-order valence-electron chi connectivity index (χ2n) is 18.0. The zero-order valence-electron chi connectivity index (χ0n) is 37.3. The Morgan fingerprint density at radius 1 is 0.315 bits per heavy atom. The van der Waals surface area contributed by atoms with Gasteiger partial charge in [-0.3, -0.25) is 0 Å². The van der Waals surface area contributed by atoms with E-state index >= 15 is 0 Å². The number of hydrogen-bond acceptors (Lipinski definition) is 21. The Morgan fingerprint density at radius 3 is 1.01 bits per heavy atom. The van der Waals surface area contributed by atoms with E-state index in [0.717, 1.165) is 72.8 Å². The molecule has 0 spiro atoms. The van der Waals surface area contributed by atoms with Crippen molar-refractivity contribution in [2.45, 2.75) is 61.0 Å². The molecule has 0 saturated heterocycles. The fourth-order valence-electron chi connectivity index (χ4n) is 10.5. The van der Waals surface area contributed by atoms with Crippen LogP contribution in [-0.4, -0.2) is 110 Å². The van der Waals surface area contributed by atoms with Crippen LogP contribution in [0.15, 0.2) is 91.0 Å². The van der Waals surface area contributed by atoms with Crippen molar-refractivity contribution < 1.29 is 106 Å². The van der Waals surface area contributed by atoms with Crippen LogP contribution < -0.4 is 14.2 Å². The molecular formula is C52H44O21. The molecule has 0 aliphatic carbocycles. The summed E-state index contributed by atoms with van der Waals surface area (Å²) >= 11 is 0. The van der Waals surface area contributed by atoms with E-state index in [4.69, 9.17) is 14.2 Å². The Balaban J connectivity index is 1.29. The molecule has 9 atom stereocenters. The van der Waals surface area contributed by atoms with E-state index in [1.54, 1.807) is 0 Å². The van der Waals surface area contributed by atoms with Crippen molar-refractivity contribution in [3.63, 3.8) is 0 Å². The topological polar surface area (TPSA) is 392 Å². The third-order valence-electron chi connectivity index (χ3n) is 13.7. The van der Waals surface area contributed by atoms with Crippen LogP contribution in [0, 0.1) is 0 Å². The van der Waals surface area contributed by atoms with Crippen molar-refractivity contribution in [2.24, 2.45) is 0 Å². The second kappa shape index (κ2) is 17.4. The summed E-state index contributed by atoms with van der Waals surface area (Å²) in [6.07, 6.45) is -11.0. The van der Waals surface area contributed by atoms with Gasteiger partial charge >= 0.3 is 0 Å². The number of fused-ring (bicyclic) bond motifs is 3. The molecule has 3 heterocycles. The first-order valence-electron chi connectivity index (χ1n) is 22.2. The van der Waals surface area contributed by atoms with Crippen molar-refractivity contribution >= 4 is 0 Å². The molecule has 0 radical (unpaired) electrons. The summed E-state index contributed by atoms with van der Waals surface area (Å²) in [6.45, 7) is -0.809. The number of phenols is 14. The minimum absolute atomic E-state index is 0.0443. The van der Waals surface area contributed by atoms with Crippen molar-refractivity contribution in [3.8, 4) is 97.7 Å². The van der Waals surface area contributed by atoms with Gasteiger partial charge in [-0.1, -0.05) is 18.2 Å². The minimum atomic E-state index is -2.08. The number of phenolic OH excluding ortho intramolecular Hbond substituents is 14. The molecule has 3 aliphatic heterocycles. The van der Waals surface area contributed by atoms with E-state index < -0.39 is 181 Å². The number of aliphatic hydroxyl groups is 4. The number of aliphatic hydroxyl groups excluding tert-OH is 4. The maximum atomic E-state index is 12.8. The first kappa shape index (κ1) is 47.6. The molecule has 9 unspecified atom stereocenters. The van der Waals surface area contributed by atoms with Gasteiger partial charge in [0.05, 0.1) is 24.4 Å². The van der Waals surface area contributed by atoms with Crippen LogP contribution in [0.5, 0.6) is 97.7 Å². The van der Waals surface area contributed by atoms with Gasteiger partial charge in [-0.2, -0.15) is 0 Å². The maximum absolute atomic E-state index is 12.8.